The Morgan fingerprint density at radius 2 is 1.73 bits per heavy atom. The highest BCUT2D eigenvalue weighted by molar-refractivity contribution is 6.32. The number of amides is 1. The molecule has 0 aromatic carbocycles. The molecule has 0 bridgehead atoms. The first kappa shape index (κ1) is 7.48. The van der Waals surface area contributed by atoms with E-state index in [-0.39, 0.29) is 0 Å². The Kier molecular flexibility index (Phi) is 1.31. The number of cyclic esters (lactones) is 2. The Morgan fingerprint density at radius 1 is 1.36 bits per heavy atom. The molecule has 1 aliphatic rings. The molecule has 1 rings (SSSR count). The Balaban J connectivity index is 2.88. The normalized spacial score (nSPS) is 20.8. The summed E-state index contributed by atoms with van der Waals surface area (Å²) in [7, 11) is 0. The van der Waals surface area contributed by atoms with Crippen LogP contribution in [0.5, 0.6) is 0 Å². The van der Waals surface area contributed by atoms with E-state index in [2.05, 4.69) is 15.2 Å². The summed E-state index contributed by atoms with van der Waals surface area (Å²) in [5, 5.41) is 8.75. The molecule has 0 saturated carbocycles. The second-order valence-electron chi connectivity index (χ2n) is 1.73. The molecule has 0 spiro atoms. The van der Waals surface area contributed by atoms with E-state index in [1.54, 1.807) is 0 Å². The van der Waals surface area contributed by atoms with E-state index in [1.165, 1.54) is 0 Å². The molecule has 1 fully saturated rings. The minimum Gasteiger partial charge on any atom is -0.382 e. The lowest BCUT2D eigenvalue weighted by atomic mass is 10.5. The van der Waals surface area contributed by atoms with E-state index in [1.807, 2.05) is 0 Å². The summed E-state index contributed by atoms with van der Waals surface area (Å²) in [4.78, 5) is 30.7. The van der Waals surface area contributed by atoms with Crippen molar-refractivity contribution >= 4 is 17.8 Å². The van der Waals surface area contributed by atoms with Crippen LogP contribution in [0.2, 0.25) is 0 Å². The van der Waals surface area contributed by atoms with Gasteiger partial charge in [-0.2, -0.15) is 0 Å². The Bertz CT molecular complexity index is 229. The van der Waals surface area contributed by atoms with Crippen LogP contribution >= 0.6 is 0 Å². The molecule has 3 N–H and O–H groups in total. The molecule has 0 radical (unpaired) electrons. The van der Waals surface area contributed by atoms with Crippen molar-refractivity contribution in [2.75, 3.05) is 0 Å². The minimum absolute atomic E-state index is 1.45. The van der Waals surface area contributed by atoms with Crippen molar-refractivity contribution in [3.63, 3.8) is 0 Å². The standard InChI is InChI=1S/C4H3NO6/c5-3(8)4(9)10-1(6)2(7)11-4/h9H,(H2,5,8). The van der Waals surface area contributed by atoms with Gasteiger partial charge in [0.25, 0.3) is 0 Å². The number of nitrogens with two attached hydrogens (primary N) is 1. The molecule has 0 aliphatic carbocycles. The van der Waals surface area contributed by atoms with Gasteiger partial charge in [-0.1, -0.05) is 0 Å². The zero-order chi connectivity index (χ0) is 8.65. The lowest BCUT2D eigenvalue weighted by molar-refractivity contribution is -0.272. The maximum Gasteiger partial charge on any atom is 0.459 e. The van der Waals surface area contributed by atoms with E-state index < -0.39 is 23.8 Å². The van der Waals surface area contributed by atoms with Crippen LogP contribution in [0, 0.1) is 0 Å². The molecule has 7 heteroatoms. The van der Waals surface area contributed by atoms with Crippen LogP contribution in [0.3, 0.4) is 0 Å². The molecular weight excluding hydrogens is 158 g/mol. The first-order chi connectivity index (χ1) is 4.96. The fourth-order valence-electron chi connectivity index (χ4n) is 0.456. The minimum atomic E-state index is -2.92. The third-order valence-corrected chi connectivity index (χ3v) is 0.940. The third kappa shape index (κ3) is 1.01. The van der Waals surface area contributed by atoms with Crippen molar-refractivity contribution in [1.82, 2.24) is 0 Å². The van der Waals surface area contributed by atoms with Crippen molar-refractivity contribution < 1.29 is 29.0 Å². The number of hydrogen-bond acceptors (Lipinski definition) is 6. The van der Waals surface area contributed by atoms with E-state index >= 15 is 0 Å². The molecule has 1 heterocycles. The highest BCUT2D eigenvalue weighted by Gasteiger charge is 2.52. The number of ether oxygens (including phenoxy) is 2. The van der Waals surface area contributed by atoms with E-state index in [4.69, 9.17) is 5.11 Å². The monoisotopic (exact) mass is 161 g/mol. The molecule has 1 saturated heterocycles. The summed E-state index contributed by atoms with van der Waals surface area (Å²) in [6.45, 7) is 0. The van der Waals surface area contributed by atoms with Crippen molar-refractivity contribution in [3.8, 4) is 0 Å². The average molecular weight is 161 g/mol. The number of rotatable bonds is 1. The largest absolute Gasteiger partial charge is 0.459 e. The summed E-state index contributed by atoms with van der Waals surface area (Å²) < 4.78 is 7.59. The summed E-state index contributed by atoms with van der Waals surface area (Å²) in [5.74, 6) is -7.29. The van der Waals surface area contributed by atoms with Crippen LogP contribution in [-0.4, -0.2) is 28.9 Å². The molecule has 11 heavy (non-hydrogen) atoms. The average Bonchev–Trinajstić information content (AvgIpc) is 2.09. The molecule has 0 unspecified atom stereocenters. The number of hydrogen-bond donors (Lipinski definition) is 2. The van der Waals surface area contributed by atoms with Gasteiger partial charge < -0.3 is 20.3 Å². The van der Waals surface area contributed by atoms with Crippen LogP contribution in [0.4, 0.5) is 0 Å². The van der Waals surface area contributed by atoms with Crippen LogP contribution in [0.15, 0.2) is 0 Å². The molecule has 0 aromatic rings. The van der Waals surface area contributed by atoms with Crippen molar-refractivity contribution in [1.29, 1.82) is 0 Å². The van der Waals surface area contributed by atoms with Gasteiger partial charge in [-0.15, -0.1) is 0 Å². The van der Waals surface area contributed by atoms with Gasteiger partial charge in [-0.3, -0.25) is 4.79 Å². The predicted molar refractivity (Wildman–Crippen MR) is 26.3 cm³/mol. The van der Waals surface area contributed by atoms with E-state index in [0.717, 1.165) is 0 Å². The van der Waals surface area contributed by atoms with Crippen molar-refractivity contribution in [2.45, 2.75) is 5.97 Å². The lowest BCUT2D eigenvalue weighted by Crippen LogP contribution is -2.45. The van der Waals surface area contributed by atoms with Gasteiger partial charge in [0, 0.05) is 0 Å². The maximum absolute atomic E-state index is 10.2. The molecule has 1 aliphatic heterocycles. The highest BCUT2D eigenvalue weighted by Crippen LogP contribution is 2.16. The number of primary amides is 1. The SMILES string of the molecule is NC(=O)C1(O)OC(=O)C(=O)O1. The Morgan fingerprint density at radius 3 is 1.91 bits per heavy atom. The lowest BCUT2D eigenvalue weighted by Gasteiger charge is -2.11. The fourth-order valence-corrected chi connectivity index (χ4v) is 0.456. The summed E-state index contributed by atoms with van der Waals surface area (Å²) >= 11 is 0. The molecule has 0 aromatic heterocycles. The predicted octanol–water partition coefficient (Wildman–Crippen LogP) is -2.78. The number of esters is 2. The van der Waals surface area contributed by atoms with Gasteiger partial charge in [-0.05, 0) is 0 Å². The number of carbonyl (C=O) groups is 3. The quantitative estimate of drug-likeness (QED) is 0.317. The summed E-state index contributed by atoms with van der Waals surface area (Å²) in [6.07, 6.45) is 0. The second kappa shape index (κ2) is 1.92. The van der Waals surface area contributed by atoms with Crippen molar-refractivity contribution in [2.24, 2.45) is 5.73 Å². The number of carbonyl (C=O) groups excluding carboxylic acids is 3. The van der Waals surface area contributed by atoms with E-state index in [0.29, 0.717) is 0 Å². The maximum atomic E-state index is 10.2. The highest BCUT2D eigenvalue weighted by atomic mass is 16.9. The molecule has 1 amide bonds. The topological polar surface area (TPSA) is 116 Å². The second-order valence-corrected chi connectivity index (χ2v) is 1.73. The van der Waals surface area contributed by atoms with Crippen LogP contribution in [0.1, 0.15) is 0 Å². The van der Waals surface area contributed by atoms with Crippen molar-refractivity contribution in [3.05, 3.63) is 0 Å². The smallest absolute Gasteiger partial charge is 0.382 e. The molecular formula is C4H3NO6. The fraction of sp³-hybridized carbons (Fsp3) is 0.250. The Labute approximate surface area is 59.7 Å². The zero-order valence-electron chi connectivity index (χ0n) is 5.07. The van der Waals surface area contributed by atoms with Crippen LogP contribution in [0.25, 0.3) is 0 Å². The van der Waals surface area contributed by atoms with Crippen LogP contribution in [-0.2, 0) is 23.9 Å². The molecule has 0 atom stereocenters. The first-order valence-corrected chi connectivity index (χ1v) is 2.44. The summed E-state index contributed by atoms with van der Waals surface area (Å²) in [5.41, 5.74) is 4.51. The van der Waals surface area contributed by atoms with Gasteiger partial charge in [0.1, 0.15) is 0 Å². The third-order valence-electron chi connectivity index (χ3n) is 0.940. The van der Waals surface area contributed by atoms with Gasteiger partial charge in [0.05, 0.1) is 0 Å². The van der Waals surface area contributed by atoms with Crippen LogP contribution < -0.4 is 5.73 Å². The van der Waals surface area contributed by atoms with Gasteiger partial charge in [0.2, 0.25) is 0 Å². The molecule has 7 nitrogen and oxygen atoms in total. The van der Waals surface area contributed by atoms with Gasteiger partial charge >= 0.3 is 23.8 Å². The van der Waals surface area contributed by atoms with Gasteiger partial charge in [-0.25, -0.2) is 9.59 Å². The molecule has 60 valence electrons. The zero-order valence-corrected chi connectivity index (χ0v) is 5.07. The first-order valence-electron chi connectivity index (χ1n) is 2.44. The summed E-state index contributed by atoms with van der Waals surface area (Å²) in [6, 6.07) is 0. The Hall–Kier alpha value is -1.63. The van der Waals surface area contributed by atoms with Gasteiger partial charge in [0.15, 0.2) is 0 Å². The number of aliphatic hydroxyl groups is 1. The van der Waals surface area contributed by atoms with E-state index in [9.17, 15) is 14.4 Å².